The van der Waals surface area contributed by atoms with E-state index in [4.69, 9.17) is 15.2 Å². The number of rotatable bonds is 6. The molecule has 2 N–H and O–H groups in total. The molecule has 0 aliphatic heterocycles. The fraction of sp³-hybridized carbons (Fsp3) is 0.647. The third-order valence-corrected chi connectivity index (χ3v) is 4.54. The molecule has 0 radical (unpaired) electrons. The van der Waals surface area contributed by atoms with Gasteiger partial charge in [0, 0.05) is 6.04 Å². The zero-order valence-electron chi connectivity index (χ0n) is 12.7. The molecule has 0 aromatic heterocycles. The van der Waals surface area contributed by atoms with Crippen LogP contribution in [0, 0.1) is 11.8 Å². The molecule has 1 aliphatic rings. The van der Waals surface area contributed by atoms with Gasteiger partial charge in [-0.1, -0.05) is 25.5 Å². The minimum atomic E-state index is 0.346. The summed E-state index contributed by atoms with van der Waals surface area (Å²) >= 11 is 0. The van der Waals surface area contributed by atoms with E-state index in [1.54, 1.807) is 7.11 Å². The largest absolute Gasteiger partial charge is 0.493 e. The SMILES string of the molecule is CCC1CCC(N)C(CCOc2ccccc2OC)C1. The molecular weight excluding hydrogens is 250 g/mol. The van der Waals surface area contributed by atoms with E-state index in [-0.39, 0.29) is 0 Å². The number of ether oxygens (including phenoxy) is 2. The summed E-state index contributed by atoms with van der Waals surface area (Å²) in [6.07, 6.45) is 6.03. The van der Waals surface area contributed by atoms with Crippen LogP contribution in [0.25, 0.3) is 0 Å². The predicted octanol–water partition coefficient (Wildman–Crippen LogP) is 3.62. The Balaban J connectivity index is 1.82. The lowest BCUT2D eigenvalue weighted by atomic mass is 9.76. The summed E-state index contributed by atoms with van der Waals surface area (Å²) in [5.74, 6) is 3.08. The molecule has 1 aliphatic carbocycles. The second-order valence-electron chi connectivity index (χ2n) is 5.80. The van der Waals surface area contributed by atoms with Crippen molar-refractivity contribution >= 4 is 0 Å². The topological polar surface area (TPSA) is 44.5 Å². The van der Waals surface area contributed by atoms with Gasteiger partial charge in [-0.2, -0.15) is 0 Å². The highest BCUT2D eigenvalue weighted by molar-refractivity contribution is 5.39. The van der Waals surface area contributed by atoms with Gasteiger partial charge < -0.3 is 15.2 Å². The number of benzene rings is 1. The van der Waals surface area contributed by atoms with E-state index in [0.29, 0.717) is 12.0 Å². The maximum Gasteiger partial charge on any atom is 0.161 e. The predicted molar refractivity (Wildman–Crippen MR) is 82.2 cm³/mol. The molecule has 3 heteroatoms. The van der Waals surface area contributed by atoms with Crippen LogP contribution in [0.5, 0.6) is 11.5 Å². The van der Waals surface area contributed by atoms with E-state index in [9.17, 15) is 0 Å². The Morgan fingerprint density at radius 3 is 2.65 bits per heavy atom. The third-order valence-electron chi connectivity index (χ3n) is 4.54. The van der Waals surface area contributed by atoms with E-state index >= 15 is 0 Å². The summed E-state index contributed by atoms with van der Waals surface area (Å²) in [5.41, 5.74) is 6.25. The lowest BCUT2D eigenvalue weighted by Crippen LogP contribution is -2.36. The van der Waals surface area contributed by atoms with Crippen LogP contribution in [0.3, 0.4) is 0 Å². The van der Waals surface area contributed by atoms with Crippen molar-refractivity contribution in [3.05, 3.63) is 24.3 Å². The van der Waals surface area contributed by atoms with E-state index in [1.165, 1.54) is 19.3 Å². The monoisotopic (exact) mass is 277 g/mol. The van der Waals surface area contributed by atoms with Gasteiger partial charge in [0.05, 0.1) is 13.7 Å². The summed E-state index contributed by atoms with van der Waals surface area (Å²) in [5, 5.41) is 0. The molecule has 1 saturated carbocycles. The molecule has 0 spiro atoms. The Morgan fingerprint density at radius 2 is 1.95 bits per heavy atom. The van der Waals surface area contributed by atoms with Gasteiger partial charge in [-0.15, -0.1) is 0 Å². The Morgan fingerprint density at radius 1 is 1.20 bits per heavy atom. The standard InChI is InChI=1S/C17H27NO2/c1-3-13-8-9-15(18)14(12-13)10-11-20-17-7-5-4-6-16(17)19-2/h4-7,13-15H,3,8-12,18H2,1-2H3. The van der Waals surface area contributed by atoms with Gasteiger partial charge in [-0.25, -0.2) is 0 Å². The molecule has 1 fully saturated rings. The van der Waals surface area contributed by atoms with Crippen molar-refractivity contribution in [2.24, 2.45) is 17.6 Å². The smallest absolute Gasteiger partial charge is 0.161 e. The first kappa shape index (κ1) is 15.2. The van der Waals surface area contributed by atoms with Crippen LogP contribution in [0.2, 0.25) is 0 Å². The molecule has 0 saturated heterocycles. The molecule has 0 bridgehead atoms. The van der Waals surface area contributed by atoms with Crippen molar-refractivity contribution in [3.8, 4) is 11.5 Å². The van der Waals surface area contributed by atoms with Crippen molar-refractivity contribution in [2.75, 3.05) is 13.7 Å². The molecule has 112 valence electrons. The highest BCUT2D eigenvalue weighted by Crippen LogP contribution is 2.33. The Labute approximate surface area is 122 Å². The van der Waals surface area contributed by atoms with Gasteiger partial charge in [-0.05, 0) is 49.7 Å². The molecule has 0 amide bonds. The van der Waals surface area contributed by atoms with Gasteiger partial charge in [0.15, 0.2) is 11.5 Å². The number of para-hydroxylation sites is 2. The molecule has 0 heterocycles. The average Bonchev–Trinajstić information content (AvgIpc) is 2.49. The van der Waals surface area contributed by atoms with Crippen molar-refractivity contribution in [1.29, 1.82) is 0 Å². The van der Waals surface area contributed by atoms with Crippen LogP contribution in [-0.2, 0) is 0 Å². The van der Waals surface area contributed by atoms with E-state index in [0.717, 1.165) is 36.9 Å². The van der Waals surface area contributed by atoms with Crippen molar-refractivity contribution in [1.82, 2.24) is 0 Å². The summed E-state index contributed by atoms with van der Waals surface area (Å²) in [7, 11) is 1.67. The van der Waals surface area contributed by atoms with Gasteiger partial charge in [0.2, 0.25) is 0 Å². The van der Waals surface area contributed by atoms with Crippen LogP contribution < -0.4 is 15.2 Å². The highest BCUT2D eigenvalue weighted by atomic mass is 16.5. The third kappa shape index (κ3) is 3.89. The summed E-state index contributed by atoms with van der Waals surface area (Å²) in [6.45, 7) is 3.00. The lowest BCUT2D eigenvalue weighted by molar-refractivity contribution is 0.183. The zero-order valence-corrected chi connectivity index (χ0v) is 12.7. The molecule has 1 aromatic rings. The van der Waals surface area contributed by atoms with Crippen LogP contribution in [0.1, 0.15) is 39.0 Å². The van der Waals surface area contributed by atoms with Crippen molar-refractivity contribution in [2.45, 2.75) is 45.1 Å². The van der Waals surface area contributed by atoms with Crippen molar-refractivity contribution < 1.29 is 9.47 Å². The number of hydrogen-bond acceptors (Lipinski definition) is 3. The fourth-order valence-electron chi connectivity index (χ4n) is 3.15. The number of hydrogen-bond donors (Lipinski definition) is 1. The van der Waals surface area contributed by atoms with Gasteiger partial charge >= 0.3 is 0 Å². The second-order valence-corrected chi connectivity index (χ2v) is 5.80. The van der Waals surface area contributed by atoms with Crippen LogP contribution in [-0.4, -0.2) is 19.8 Å². The van der Waals surface area contributed by atoms with Crippen LogP contribution in [0.15, 0.2) is 24.3 Å². The number of nitrogens with two attached hydrogens (primary N) is 1. The minimum absolute atomic E-state index is 0.346. The lowest BCUT2D eigenvalue weighted by Gasteiger charge is -2.33. The quantitative estimate of drug-likeness (QED) is 0.863. The molecule has 3 unspecified atom stereocenters. The Bertz CT molecular complexity index is 408. The van der Waals surface area contributed by atoms with Gasteiger partial charge in [0.1, 0.15) is 0 Å². The maximum absolute atomic E-state index is 6.25. The summed E-state index contributed by atoms with van der Waals surface area (Å²) in [6, 6.07) is 8.15. The van der Waals surface area contributed by atoms with Crippen molar-refractivity contribution in [3.63, 3.8) is 0 Å². The van der Waals surface area contributed by atoms with Crippen LogP contribution in [0.4, 0.5) is 0 Å². The summed E-state index contributed by atoms with van der Waals surface area (Å²) < 4.78 is 11.2. The first-order valence-electron chi connectivity index (χ1n) is 7.76. The average molecular weight is 277 g/mol. The second kappa shape index (κ2) is 7.53. The molecular formula is C17H27NO2. The normalized spacial score (nSPS) is 26.2. The van der Waals surface area contributed by atoms with Crippen LogP contribution >= 0.6 is 0 Å². The van der Waals surface area contributed by atoms with E-state index < -0.39 is 0 Å². The molecule has 1 aromatic carbocycles. The minimum Gasteiger partial charge on any atom is -0.493 e. The van der Waals surface area contributed by atoms with E-state index in [2.05, 4.69) is 6.92 Å². The van der Waals surface area contributed by atoms with E-state index in [1.807, 2.05) is 24.3 Å². The highest BCUT2D eigenvalue weighted by Gasteiger charge is 2.27. The zero-order chi connectivity index (χ0) is 14.4. The molecule has 3 atom stereocenters. The summed E-state index contributed by atoms with van der Waals surface area (Å²) in [4.78, 5) is 0. The fourth-order valence-corrected chi connectivity index (χ4v) is 3.15. The first-order chi connectivity index (χ1) is 9.74. The molecule has 2 rings (SSSR count). The van der Waals surface area contributed by atoms with Gasteiger partial charge in [-0.3, -0.25) is 0 Å². The Kier molecular flexibility index (Phi) is 5.72. The first-order valence-corrected chi connectivity index (χ1v) is 7.76. The molecule has 20 heavy (non-hydrogen) atoms. The Hall–Kier alpha value is -1.22. The van der Waals surface area contributed by atoms with Gasteiger partial charge in [0.25, 0.3) is 0 Å². The molecule has 3 nitrogen and oxygen atoms in total. The number of methoxy groups -OCH3 is 1. The maximum atomic E-state index is 6.25.